The van der Waals surface area contributed by atoms with Gasteiger partial charge in [-0.05, 0) is 98.5 Å². The van der Waals surface area contributed by atoms with Gasteiger partial charge in [-0.3, -0.25) is 4.72 Å². The summed E-state index contributed by atoms with van der Waals surface area (Å²) in [6.07, 6.45) is 1.08. The van der Waals surface area contributed by atoms with Gasteiger partial charge in [-0.1, -0.05) is 19.9 Å². The number of carbonyl (C=O) groups is 1. The smallest absolute Gasteiger partial charge is 0.338 e. The normalized spacial score (nSPS) is 18.4. The average Bonchev–Trinajstić information content (AvgIpc) is 2.94. The van der Waals surface area contributed by atoms with Crippen molar-refractivity contribution in [2.45, 2.75) is 69.5 Å². The number of anilines is 1. The number of fused-ring (bicyclic) bond motifs is 1. The van der Waals surface area contributed by atoms with Crippen molar-refractivity contribution in [3.05, 3.63) is 59.2 Å². The molecule has 1 unspecified atom stereocenters. The lowest BCUT2D eigenvalue weighted by molar-refractivity contribution is -0.137. The van der Waals surface area contributed by atoms with Gasteiger partial charge in [-0.15, -0.1) is 0 Å². The van der Waals surface area contributed by atoms with Gasteiger partial charge in [-0.2, -0.15) is 13.2 Å². The zero-order chi connectivity index (χ0) is 28.9. The van der Waals surface area contributed by atoms with Gasteiger partial charge in [-0.25, -0.2) is 13.2 Å². The van der Waals surface area contributed by atoms with E-state index >= 15 is 0 Å². The first-order valence-electron chi connectivity index (χ1n) is 14.1. The summed E-state index contributed by atoms with van der Waals surface area (Å²) in [5, 5.41) is 2.96. The van der Waals surface area contributed by atoms with Gasteiger partial charge in [0.25, 0.3) is 10.0 Å². The van der Waals surface area contributed by atoms with E-state index in [0.29, 0.717) is 24.2 Å². The van der Waals surface area contributed by atoms with E-state index in [-0.39, 0.29) is 10.9 Å². The molecule has 1 fully saturated rings. The second kappa shape index (κ2) is 12.8. The van der Waals surface area contributed by atoms with Crippen LogP contribution in [0.2, 0.25) is 0 Å². The molecule has 0 saturated carbocycles. The second-order valence-corrected chi connectivity index (χ2v) is 12.4. The molecule has 1 heterocycles. The van der Waals surface area contributed by atoms with Crippen LogP contribution in [0.15, 0.2) is 47.4 Å². The predicted molar refractivity (Wildman–Crippen MR) is 150 cm³/mol. The molecule has 2 aromatic carbocycles. The number of halogens is 3. The maximum absolute atomic E-state index is 12.9. The monoisotopic (exact) mass is 580 g/mol. The third kappa shape index (κ3) is 7.48. The summed E-state index contributed by atoms with van der Waals surface area (Å²) in [7, 11) is -4.03. The Balaban J connectivity index is 1.37. The van der Waals surface area contributed by atoms with Gasteiger partial charge >= 0.3 is 12.2 Å². The summed E-state index contributed by atoms with van der Waals surface area (Å²) in [6, 6.07) is 9.36. The van der Waals surface area contributed by atoms with Crippen LogP contribution in [0.4, 0.5) is 23.7 Å². The number of rotatable bonds is 9. The fourth-order valence-corrected chi connectivity index (χ4v) is 6.73. The Morgan fingerprint density at radius 3 is 2.35 bits per heavy atom. The summed E-state index contributed by atoms with van der Waals surface area (Å²) >= 11 is 0. The number of nitrogens with zero attached hydrogens (tertiary/aromatic N) is 2. The molecule has 11 heteroatoms. The zero-order valence-electron chi connectivity index (χ0n) is 23.1. The molecule has 1 saturated heterocycles. The number of carbonyl (C=O) groups excluding carboxylic acids is 1. The van der Waals surface area contributed by atoms with Gasteiger partial charge in [0.15, 0.2) is 0 Å². The van der Waals surface area contributed by atoms with Crippen LogP contribution in [0, 0.1) is 5.92 Å². The van der Waals surface area contributed by atoms with E-state index in [1.165, 1.54) is 5.56 Å². The van der Waals surface area contributed by atoms with Crippen LogP contribution in [0.1, 0.15) is 56.2 Å². The molecular weight excluding hydrogens is 541 g/mol. The van der Waals surface area contributed by atoms with Gasteiger partial charge in [0.2, 0.25) is 0 Å². The van der Waals surface area contributed by atoms with Crippen LogP contribution in [-0.2, 0) is 29.0 Å². The highest BCUT2D eigenvalue weighted by molar-refractivity contribution is 7.92. The summed E-state index contributed by atoms with van der Waals surface area (Å²) in [5.74, 6) is 0.526. The maximum Gasteiger partial charge on any atom is 0.416 e. The molecule has 1 aliphatic heterocycles. The minimum Gasteiger partial charge on any atom is -0.338 e. The minimum absolute atomic E-state index is 0.0290. The number of hydrogen-bond acceptors (Lipinski definition) is 4. The van der Waals surface area contributed by atoms with Gasteiger partial charge < -0.3 is 15.1 Å². The van der Waals surface area contributed by atoms with E-state index in [9.17, 15) is 26.4 Å². The van der Waals surface area contributed by atoms with E-state index in [1.807, 2.05) is 24.0 Å². The number of benzene rings is 2. The molecule has 0 radical (unpaired) electrons. The van der Waals surface area contributed by atoms with Crippen LogP contribution >= 0.6 is 0 Å². The molecule has 0 bridgehead atoms. The summed E-state index contributed by atoms with van der Waals surface area (Å²) < 4.78 is 66.8. The summed E-state index contributed by atoms with van der Waals surface area (Å²) in [4.78, 5) is 16.5. The first-order valence-corrected chi connectivity index (χ1v) is 15.6. The molecule has 1 aliphatic carbocycles. The van der Waals surface area contributed by atoms with E-state index in [4.69, 9.17) is 0 Å². The average molecular weight is 581 g/mol. The number of piperidine rings is 1. The third-order valence-corrected chi connectivity index (χ3v) is 9.39. The Labute approximate surface area is 235 Å². The zero-order valence-corrected chi connectivity index (χ0v) is 24.0. The van der Waals surface area contributed by atoms with E-state index < -0.39 is 21.8 Å². The van der Waals surface area contributed by atoms with Crippen LogP contribution in [0.5, 0.6) is 0 Å². The molecule has 7 nitrogen and oxygen atoms in total. The molecular formula is C29H39F3N4O3S. The van der Waals surface area contributed by atoms with Crippen molar-refractivity contribution >= 4 is 21.7 Å². The number of likely N-dealkylation sites (tertiary alicyclic amines) is 1. The molecule has 2 N–H and O–H groups in total. The van der Waals surface area contributed by atoms with Gasteiger partial charge in [0.05, 0.1) is 10.5 Å². The van der Waals surface area contributed by atoms with E-state index in [1.54, 1.807) is 6.07 Å². The molecule has 1 atom stereocenters. The largest absolute Gasteiger partial charge is 0.416 e. The molecule has 0 aromatic heterocycles. The second-order valence-electron chi connectivity index (χ2n) is 10.8. The number of sulfonamides is 1. The predicted octanol–water partition coefficient (Wildman–Crippen LogP) is 5.52. The SMILES string of the molecule is CCCNC(=O)N1CCC(CN(CC)C2CCc3ccc(NS(=O)(=O)c4ccc(C(F)(F)F)cc4)cc3C2)CC1. The van der Waals surface area contributed by atoms with Crippen LogP contribution in [0.25, 0.3) is 0 Å². The molecule has 220 valence electrons. The Bertz CT molecular complexity index is 1260. The number of aryl methyl sites for hydroxylation is 1. The van der Waals surface area contributed by atoms with Crippen molar-refractivity contribution in [1.82, 2.24) is 15.1 Å². The van der Waals surface area contributed by atoms with E-state index in [0.717, 1.165) is 94.5 Å². The van der Waals surface area contributed by atoms with Crippen LogP contribution in [-0.4, -0.2) is 63.0 Å². The lowest BCUT2D eigenvalue weighted by Crippen LogP contribution is -2.47. The van der Waals surface area contributed by atoms with Gasteiger partial charge in [0, 0.05) is 37.9 Å². The first kappa shape index (κ1) is 30.2. The molecule has 2 amide bonds. The topological polar surface area (TPSA) is 81.8 Å². The van der Waals surface area contributed by atoms with Crippen molar-refractivity contribution in [2.75, 3.05) is 37.4 Å². The Morgan fingerprint density at radius 1 is 1.02 bits per heavy atom. The Kier molecular flexibility index (Phi) is 9.66. The quantitative estimate of drug-likeness (QED) is 0.410. The van der Waals surface area contributed by atoms with Crippen molar-refractivity contribution in [3.63, 3.8) is 0 Å². The summed E-state index contributed by atoms with van der Waals surface area (Å²) in [6.45, 7) is 8.33. The molecule has 40 heavy (non-hydrogen) atoms. The number of urea groups is 1. The molecule has 2 aromatic rings. The molecule has 2 aliphatic rings. The minimum atomic E-state index is -4.53. The van der Waals surface area contributed by atoms with Crippen LogP contribution < -0.4 is 10.0 Å². The highest BCUT2D eigenvalue weighted by Crippen LogP contribution is 2.31. The number of likely N-dealkylation sites (N-methyl/N-ethyl adjacent to an activating group) is 1. The molecule has 0 spiro atoms. The first-order chi connectivity index (χ1) is 19.0. The Morgan fingerprint density at radius 2 is 1.73 bits per heavy atom. The highest BCUT2D eigenvalue weighted by Gasteiger charge is 2.31. The lowest BCUT2D eigenvalue weighted by Gasteiger charge is -2.39. The molecule has 4 rings (SSSR count). The summed E-state index contributed by atoms with van der Waals surface area (Å²) in [5.41, 5.74) is 1.78. The van der Waals surface area contributed by atoms with E-state index in [2.05, 4.69) is 21.9 Å². The number of alkyl halides is 3. The number of hydrogen-bond donors (Lipinski definition) is 2. The standard InChI is InChI=1S/C29H39F3N4O3S/c1-3-15-33-28(37)36-16-13-21(14-17-36)20-35(4-2)26-10-6-22-5-9-25(18-23(22)19-26)34-40(38,39)27-11-7-24(8-12-27)29(30,31)32/h5,7-9,11-12,18,21,26,34H,3-4,6,10,13-17,19-20H2,1-2H3,(H,33,37). The van der Waals surface area contributed by atoms with Gasteiger partial charge in [0.1, 0.15) is 0 Å². The fraction of sp³-hybridized carbons (Fsp3) is 0.552. The fourth-order valence-electron chi connectivity index (χ4n) is 5.68. The van der Waals surface area contributed by atoms with Crippen molar-refractivity contribution < 1.29 is 26.4 Å². The number of amides is 2. The maximum atomic E-state index is 12.9. The lowest BCUT2D eigenvalue weighted by atomic mass is 9.86. The highest BCUT2D eigenvalue weighted by atomic mass is 32.2. The van der Waals surface area contributed by atoms with Crippen LogP contribution in [0.3, 0.4) is 0 Å². The third-order valence-electron chi connectivity index (χ3n) is 8.00. The Hall–Kier alpha value is -2.79. The van der Waals surface area contributed by atoms with Crippen molar-refractivity contribution in [1.29, 1.82) is 0 Å². The number of nitrogens with one attached hydrogen (secondary N) is 2. The van der Waals surface area contributed by atoms with Crippen molar-refractivity contribution in [3.8, 4) is 0 Å². The van der Waals surface area contributed by atoms with Crippen molar-refractivity contribution in [2.24, 2.45) is 5.92 Å².